The summed E-state index contributed by atoms with van der Waals surface area (Å²) in [5.41, 5.74) is 4.76. The average Bonchev–Trinajstić information content (AvgIpc) is 2.82. The first-order chi connectivity index (χ1) is 15.3. The Labute approximate surface area is 191 Å². The highest BCUT2D eigenvalue weighted by atomic mass is 15.1. The van der Waals surface area contributed by atoms with Crippen molar-refractivity contribution >= 4 is 0 Å². The van der Waals surface area contributed by atoms with Gasteiger partial charge in [-0.2, -0.15) is 10.2 Å². The molecule has 0 aliphatic heterocycles. The molecule has 31 heavy (non-hydrogen) atoms. The lowest BCUT2D eigenvalue weighted by molar-refractivity contribution is 0.249. The van der Waals surface area contributed by atoms with E-state index in [1.807, 2.05) is 0 Å². The third-order valence-corrected chi connectivity index (χ3v) is 7.28. The van der Waals surface area contributed by atoms with Gasteiger partial charge in [-0.05, 0) is 55.2 Å². The highest BCUT2D eigenvalue weighted by Gasteiger charge is 2.20. The van der Waals surface area contributed by atoms with Gasteiger partial charge in [-0.25, -0.2) is 0 Å². The predicted octanol–water partition coefficient (Wildman–Crippen LogP) is 8.59. The molecule has 0 spiro atoms. The van der Waals surface area contributed by atoms with Crippen LogP contribution in [0.3, 0.4) is 0 Å². The minimum Gasteiger partial charge on any atom is -0.155 e. The fourth-order valence-corrected chi connectivity index (χ4v) is 5.08. The number of hydrogen-bond donors (Lipinski definition) is 0. The predicted molar refractivity (Wildman–Crippen MR) is 133 cm³/mol. The van der Waals surface area contributed by atoms with Gasteiger partial charge in [0.1, 0.15) is 0 Å². The SMILES string of the molecule is CCCCCCc1ccc(-c2ccc(CCC3CCC(CCCCC)CC3)cc2)nn1. The number of hydrogen-bond acceptors (Lipinski definition) is 2. The van der Waals surface area contributed by atoms with Gasteiger partial charge in [-0.3, -0.25) is 0 Å². The van der Waals surface area contributed by atoms with Crippen molar-refractivity contribution in [2.24, 2.45) is 11.8 Å². The maximum absolute atomic E-state index is 4.48. The van der Waals surface area contributed by atoms with Crippen LogP contribution in [0.15, 0.2) is 36.4 Å². The zero-order valence-electron chi connectivity index (χ0n) is 20.1. The van der Waals surface area contributed by atoms with Gasteiger partial charge in [0.05, 0.1) is 11.4 Å². The van der Waals surface area contributed by atoms with E-state index in [2.05, 4.69) is 60.4 Å². The number of benzene rings is 1. The molecule has 0 N–H and O–H groups in total. The molecule has 2 heteroatoms. The lowest BCUT2D eigenvalue weighted by Gasteiger charge is -2.28. The van der Waals surface area contributed by atoms with E-state index in [1.54, 1.807) is 0 Å². The minimum absolute atomic E-state index is 0.942. The number of nitrogens with zero attached hydrogens (tertiary/aromatic N) is 2. The lowest BCUT2D eigenvalue weighted by atomic mass is 9.78. The molecule has 1 aromatic heterocycles. The van der Waals surface area contributed by atoms with Crippen LogP contribution in [0.5, 0.6) is 0 Å². The van der Waals surface area contributed by atoms with E-state index in [1.165, 1.54) is 101 Å². The molecule has 0 saturated heterocycles. The Morgan fingerprint density at radius 1 is 0.645 bits per heavy atom. The first-order valence-corrected chi connectivity index (χ1v) is 13.2. The summed E-state index contributed by atoms with van der Waals surface area (Å²) in [6, 6.07) is 13.3. The Kier molecular flexibility index (Phi) is 10.6. The van der Waals surface area contributed by atoms with E-state index < -0.39 is 0 Å². The summed E-state index contributed by atoms with van der Waals surface area (Å²) in [5, 5.41) is 8.93. The van der Waals surface area contributed by atoms with Crippen LogP contribution in [0, 0.1) is 11.8 Å². The summed E-state index contributed by atoms with van der Waals surface area (Å²) in [6.07, 6.45) is 20.3. The Morgan fingerprint density at radius 2 is 1.32 bits per heavy atom. The molecule has 1 aromatic carbocycles. The molecule has 1 aliphatic rings. The molecule has 3 rings (SSSR count). The van der Waals surface area contributed by atoms with Crippen LogP contribution >= 0.6 is 0 Å². The zero-order valence-corrected chi connectivity index (χ0v) is 20.1. The molecular weight excluding hydrogens is 376 g/mol. The number of rotatable bonds is 13. The molecule has 1 saturated carbocycles. The topological polar surface area (TPSA) is 25.8 Å². The fourth-order valence-electron chi connectivity index (χ4n) is 5.08. The second-order valence-electron chi connectivity index (χ2n) is 9.84. The van der Waals surface area contributed by atoms with Crippen molar-refractivity contribution in [2.45, 2.75) is 110 Å². The maximum atomic E-state index is 4.48. The summed E-state index contributed by atoms with van der Waals surface area (Å²) in [5.74, 6) is 1.96. The number of aromatic nitrogens is 2. The van der Waals surface area contributed by atoms with Gasteiger partial charge in [-0.15, -0.1) is 0 Å². The summed E-state index contributed by atoms with van der Waals surface area (Å²) < 4.78 is 0. The molecule has 0 amide bonds. The van der Waals surface area contributed by atoms with Crippen molar-refractivity contribution < 1.29 is 0 Å². The summed E-state index contributed by atoms with van der Waals surface area (Å²) in [6.45, 7) is 4.56. The van der Waals surface area contributed by atoms with Crippen LogP contribution in [0.25, 0.3) is 11.3 Å². The molecule has 170 valence electrons. The van der Waals surface area contributed by atoms with Gasteiger partial charge in [0.2, 0.25) is 0 Å². The summed E-state index contributed by atoms with van der Waals surface area (Å²) in [7, 11) is 0. The van der Waals surface area contributed by atoms with E-state index in [-0.39, 0.29) is 0 Å². The minimum atomic E-state index is 0.942. The van der Waals surface area contributed by atoms with Crippen molar-refractivity contribution in [1.29, 1.82) is 0 Å². The highest BCUT2D eigenvalue weighted by molar-refractivity contribution is 5.58. The van der Waals surface area contributed by atoms with Crippen LogP contribution in [0.4, 0.5) is 0 Å². The molecule has 1 heterocycles. The summed E-state index contributed by atoms with van der Waals surface area (Å²) >= 11 is 0. The van der Waals surface area contributed by atoms with Gasteiger partial charge in [-0.1, -0.05) is 109 Å². The standard InChI is InChI=1S/C29H44N2/c1-3-5-7-9-11-28-22-23-29(31-30-28)27-20-18-26(19-21-27)17-16-25-14-12-24(13-15-25)10-8-6-4-2/h18-25H,3-17H2,1-2H3. The van der Waals surface area contributed by atoms with E-state index >= 15 is 0 Å². The second-order valence-corrected chi connectivity index (χ2v) is 9.84. The second kappa shape index (κ2) is 13.7. The average molecular weight is 421 g/mol. The molecule has 2 nitrogen and oxygen atoms in total. The maximum Gasteiger partial charge on any atom is 0.0929 e. The molecule has 1 aliphatic carbocycles. The molecule has 0 atom stereocenters. The van der Waals surface area contributed by atoms with Gasteiger partial charge < -0.3 is 0 Å². The number of unbranched alkanes of at least 4 members (excludes halogenated alkanes) is 5. The van der Waals surface area contributed by atoms with Crippen molar-refractivity contribution in [3.63, 3.8) is 0 Å². The third kappa shape index (κ3) is 8.39. The van der Waals surface area contributed by atoms with E-state index in [0.29, 0.717) is 0 Å². The normalized spacial score (nSPS) is 18.9. The largest absolute Gasteiger partial charge is 0.155 e. The monoisotopic (exact) mass is 420 g/mol. The molecular formula is C29H44N2. The smallest absolute Gasteiger partial charge is 0.0929 e. The Morgan fingerprint density at radius 3 is 1.97 bits per heavy atom. The zero-order chi connectivity index (χ0) is 21.7. The first kappa shape index (κ1) is 24.0. The first-order valence-electron chi connectivity index (χ1n) is 13.2. The molecule has 0 bridgehead atoms. The lowest BCUT2D eigenvalue weighted by Crippen LogP contribution is -2.15. The molecule has 2 aromatic rings. The van der Waals surface area contributed by atoms with Crippen LogP contribution < -0.4 is 0 Å². The summed E-state index contributed by atoms with van der Waals surface area (Å²) in [4.78, 5) is 0. The van der Waals surface area contributed by atoms with Crippen molar-refractivity contribution in [2.75, 3.05) is 0 Å². The van der Waals surface area contributed by atoms with Gasteiger partial charge >= 0.3 is 0 Å². The number of aryl methyl sites for hydroxylation is 2. The van der Waals surface area contributed by atoms with Crippen LogP contribution in [0.1, 0.15) is 109 Å². The Hall–Kier alpha value is -1.70. The molecule has 0 radical (unpaired) electrons. The van der Waals surface area contributed by atoms with Crippen molar-refractivity contribution in [3.05, 3.63) is 47.7 Å². The molecule has 1 fully saturated rings. The van der Waals surface area contributed by atoms with Crippen LogP contribution in [0.2, 0.25) is 0 Å². The Balaban J connectivity index is 1.39. The van der Waals surface area contributed by atoms with E-state index in [0.717, 1.165) is 29.6 Å². The van der Waals surface area contributed by atoms with Crippen molar-refractivity contribution in [1.82, 2.24) is 10.2 Å². The van der Waals surface area contributed by atoms with Gasteiger partial charge in [0.15, 0.2) is 0 Å². The van der Waals surface area contributed by atoms with E-state index in [4.69, 9.17) is 0 Å². The van der Waals surface area contributed by atoms with Crippen molar-refractivity contribution in [3.8, 4) is 11.3 Å². The van der Waals surface area contributed by atoms with E-state index in [9.17, 15) is 0 Å². The third-order valence-electron chi connectivity index (χ3n) is 7.28. The van der Waals surface area contributed by atoms with Gasteiger partial charge in [0, 0.05) is 5.56 Å². The Bertz CT molecular complexity index is 711. The van der Waals surface area contributed by atoms with Gasteiger partial charge in [0.25, 0.3) is 0 Å². The highest BCUT2D eigenvalue weighted by Crippen LogP contribution is 2.34. The van der Waals surface area contributed by atoms with Crippen LogP contribution in [-0.2, 0) is 12.8 Å². The van der Waals surface area contributed by atoms with Crippen LogP contribution in [-0.4, -0.2) is 10.2 Å². The fraction of sp³-hybridized carbons (Fsp3) is 0.655. The molecule has 0 unspecified atom stereocenters. The quantitative estimate of drug-likeness (QED) is 0.303.